The summed E-state index contributed by atoms with van der Waals surface area (Å²) in [5.41, 5.74) is 5.62. The van der Waals surface area contributed by atoms with Gasteiger partial charge in [0, 0.05) is 18.6 Å². The molecule has 0 amide bonds. The fourth-order valence-electron chi connectivity index (χ4n) is 2.18. The zero-order valence-electron chi connectivity index (χ0n) is 10.5. The predicted molar refractivity (Wildman–Crippen MR) is 72.2 cm³/mol. The molecule has 1 aromatic heterocycles. The van der Waals surface area contributed by atoms with E-state index in [-0.39, 0.29) is 10.5 Å². The summed E-state index contributed by atoms with van der Waals surface area (Å²) in [5, 5.41) is 8.62. The van der Waals surface area contributed by atoms with Gasteiger partial charge in [-0.3, -0.25) is 4.57 Å². The molecular weight excluding hydrogens is 272 g/mol. The molecule has 2 rings (SSSR count). The minimum absolute atomic E-state index is 0.214. The highest BCUT2D eigenvalue weighted by Gasteiger charge is 2.30. The van der Waals surface area contributed by atoms with Gasteiger partial charge in [-0.2, -0.15) is 0 Å². The Morgan fingerprint density at radius 2 is 2.11 bits per heavy atom. The van der Waals surface area contributed by atoms with Crippen LogP contribution in [0, 0.1) is 0 Å². The summed E-state index contributed by atoms with van der Waals surface area (Å²) in [6.07, 6.45) is 4.75. The number of aromatic nitrogens is 3. The molecule has 1 heterocycles. The summed E-state index contributed by atoms with van der Waals surface area (Å²) in [6, 6.07) is 0. The van der Waals surface area contributed by atoms with Gasteiger partial charge in [0.1, 0.15) is 9.84 Å². The standard InChI is InChI=1S/C10H18N4O2S2/c1-14-9(11)12-13-10(14)17-7-4-3-5-8(6-7)18(2,15)16/h7-8H,3-6H2,1-2H3,(H2,11,12). The Morgan fingerprint density at radius 1 is 1.39 bits per heavy atom. The number of nitrogen functional groups attached to an aromatic ring is 1. The third-order valence-electron chi connectivity index (χ3n) is 3.32. The Balaban J connectivity index is 2.04. The number of anilines is 1. The van der Waals surface area contributed by atoms with Crippen molar-refractivity contribution in [1.29, 1.82) is 0 Å². The second kappa shape index (κ2) is 5.08. The third-order valence-corrected chi connectivity index (χ3v) is 6.29. The Bertz CT molecular complexity index is 526. The molecule has 2 atom stereocenters. The Kier molecular flexibility index (Phi) is 3.86. The summed E-state index contributed by atoms with van der Waals surface area (Å²) in [6.45, 7) is 0. The smallest absolute Gasteiger partial charge is 0.222 e. The van der Waals surface area contributed by atoms with Crippen LogP contribution >= 0.6 is 11.8 Å². The number of nitrogens with zero attached hydrogens (tertiary/aromatic N) is 3. The van der Waals surface area contributed by atoms with E-state index in [4.69, 9.17) is 5.73 Å². The van der Waals surface area contributed by atoms with Crippen molar-refractivity contribution in [3.8, 4) is 0 Å². The fraction of sp³-hybridized carbons (Fsp3) is 0.800. The first-order chi connectivity index (χ1) is 8.38. The van der Waals surface area contributed by atoms with E-state index in [9.17, 15) is 8.42 Å². The molecule has 0 aliphatic heterocycles. The van der Waals surface area contributed by atoms with Crippen LogP contribution in [0.2, 0.25) is 0 Å². The molecule has 0 aromatic carbocycles. The number of rotatable bonds is 3. The molecule has 0 radical (unpaired) electrons. The van der Waals surface area contributed by atoms with Crippen molar-refractivity contribution in [2.45, 2.75) is 41.3 Å². The summed E-state index contributed by atoms with van der Waals surface area (Å²) in [5.74, 6) is 0.382. The largest absolute Gasteiger partial charge is 0.368 e. The minimum atomic E-state index is -2.94. The maximum absolute atomic E-state index is 11.6. The molecule has 1 fully saturated rings. The fourth-order valence-corrected chi connectivity index (χ4v) is 4.73. The molecule has 1 saturated carbocycles. The second-order valence-corrected chi connectivity index (χ2v) is 8.35. The molecule has 6 nitrogen and oxygen atoms in total. The van der Waals surface area contributed by atoms with Gasteiger partial charge in [-0.15, -0.1) is 10.2 Å². The number of sulfone groups is 1. The van der Waals surface area contributed by atoms with Crippen LogP contribution in [-0.2, 0) is 16.9 Å². The molecule has 102 valence electrons. The molecule has 1 aliphatic carbocycles. The van der Waals surface area contributed by atoms with Gasteiger partial charge in [0.05, 0.1) is 5.25 Å². The van der Waals surface area contributed by atoms with E-state index in [1.54, 1.807) is 16.3 Å². The van der Waals surface area contributed by atoms with E-state index < -0.39 is 9.84 Å². The topological polar surface area (TPSA) is 90.9 Å². The van der Waals surface area contributed by atoms with Gasteiger partial charge in [0.2, 0.25) is 5.95 Å². The molecule has 2 N–H and O–H groups in total. The van der Waals surface area contributed by atoms with Crippen LogP contribution in [0.3, 0.4) is 0 Å². The van der Waals surface area contributed by atoms with E-state index in [1.807, 2.05) is 7.05 Å². The maximum Gasteiger partial charge on any atom is 0.222 e. The van der Waals surface area contributed by atoms with Crippen molar-refractivity contribution in [2.75, 3.05) is 12.0 Å². The summed E-state index contributed by atoms with van der Waals surface area (Å²) < 4.78 is 24.9. The van der Waals surface area contributed by atoms with Gasteiger partial charge in [0.15, 0.2) is 5.16 Å². The third kappa shape index (κ3) is 2.97. The van der Waals surface area contributed by atoms with Crippen molar-refractivity contribution in [3.63, 3.8) is 0 Å². The van der Waals surface area contributed by atoms with E-state index >= 15 is 0 Å². The number of nitrogens with two attached hydrogens (primary N) is 1. The van der Waals surface area contributed by atoms with Crippen molar-refractivity contribution < 1.29 is 8.42 Å². The molecule has 0 spiro atoms. The van der Waals surface area contributed by atoms with Crippen LogP contribution in [0.25, 0.3) is 0 Å². The molecule has 0 bridgehead atoms. The van der Waals surface area contributed by atoms with Crippen molar-refractivity contribution in [1.82, 2.24) is 14.8 Å². The summed E-state index contributed by atoms with van der Waals surface area (Å²) in [4.78, 5) is 0. The van der Waals surface area contributed by atoms with Gasteiger partial charge in [0.25, 0.3) is 0 Å². The Hall–Kier alpha value is -0.760. The molecule has 2 unspecified atom stereocenters. The lowest BCUT2D eigenvalue weighted by atomic mass is 10.00. The van der Waals surface area contributed by atoms with E-state index in [2.05, 4.69) is 10.2 Å². The van der Waals surface area contributed by atoms with Crippen LogP contribution < -0.4 is 5.73 Å². The average molecular weight is 290 g/mol. The quantitative estimate of drug-likeness (QED) is 0.887. The van der Waals surface area contributed by atoms with Crippen LogP contribution in [0.4, 0.5) is 5.95 Å². The highest BCUT2D eigenvalue weighted by molar-refractivity contribution is 7.99. The molecule has 8 heteroatoms. The van der Waals surface area contributed by atoms with E-state index in [1.165, 1.54) is 6.26 Å². The summed E-state index contributed by atoms with van der Waals surface area (Å²) >= 11 is 1.58. The Labute approximate surface area is 111 Å². The first-order valence-electron chi connectivity index (χ1n) is 5.88. The lowest BCUT2D eigenvalue weighted by molar-refractivity contribution is 0.494. The van der Waals surface area contributed by atoms with Crippen LogP contribution in [-0.4, -0.2) is 39.9 Å². The zero-order chi connectivity index (χ0) is 13.3. The highest BCUT2D eigenvalue weighted by atomic mass is 32.2. The van der Waals surface area contributed by atoms with Crippen molar-refractivity contribution in [2.24, 2.45) is 7.05 Å². The number of hydrogen-bond donors (Lipinski definition) is 1. The molecule has 0 saturated heterocycles. The average Bonchev–Trinajstić information content (AvgIpc) is 2.60. The van der Waals surface area contributed by atoms with E-state index in [0.29, 0.717) is 12.4 Å². The summed E-state index contributed by atoms with van der Waals surface area (Å²) in [7, 11) is -1.12. The first-order valence-corrected chi connectivity index (χ1v) is 8.71. The second-order valence-electron chi connectivity index (χ2n) is 4.76. The highest BCUT2D eigenvalue weighted by Crippen LogP contribution is 2.35. The van der Waals surface area contributed by atoms with Crippen molar-refractivity contribution in [3.05, 3.63) is 0 Å². The lowest BCUT2D eigenvalue weighted by Crippen LogP contribution is -2.28. The number of thioether (sulfide) groups is 1. The maximum atomic E-state index is 11.6. The van der Waals surface area contributed by atoms with Gasteiger partial charge >= 0.3 is 0 Å². The molecule has 1 aliphatic rings. The molecule has 1 aromatic rings. The first kappa shape index (κ1) is 13.7. The van der Waals surface area contributed by atoms with E-state index in [0.717, 1.165) is 24.4 Å². The van der Waals surface area contributed by atoms with Gasteiger partial charge < -0.3 is 5.73 Å². The number of hydrogen-bond acceptors (Lipinski definition) is 6. The SMILES string of the molecule is Cn1c(N)nnc1SC1CCCC(S(C)(=O)=O)C1. The monoisotopic (exact) mass is 290 g/mol. The minimum Gasteiger partial charge on any atom is -0.368 e. The van der Waals surface area contributed by atoms with Gasteiger partial charge in [-0.25, -0.2) is 8.42 Å². The van der Waals surface area contributed by atoms with Crippen LogP contribution in [0.5, 0.6) is 0 Å². The predicted octanol–water partition coefficient (Wildman–Crippen LogP) is 0.845. The molecular formula is C10H18N4O2S2. The van der Waals surface area contributed by atoms with Crippen LogP contribution in [0.15, 0.2) is 5.16 Å². The molecule has 18 heavy (non-hydrogen) atoms. The lowest BCUT2D eigenvalue weighted by Gasteiger charge is -2.26. The van der Waals surface area contributed by atoms with Gasteiger partial charge in [-0.05, 0) is 19.3 Å². The zero-order valence-corrected chi connectivity index (χ0v) is 12.2. The van der Waals surface area contributed by atoms with Crippen molar-refractivity contribution >= 4 is 27.5 Å². The van der Waals surface area contributed by atoms with Crippen LogP contribution in [0.1, 0.15) is 25.7 Å². The van der Waals surface area contributed by atoms with Gasteiger partial charge in [-0.1, -0.05) is 18.2 Å². The Morgan fingerprint density at radius 3 is 2.67 bits per heavy atom. The normalized spacial score (nSPS) is 25.2.